The van der Waals surface area contributed by atoms with E-state index in [0.717, 1.165) is 18.7 Å². The Bertz CT molecular complexity index is 500. The van der Waals surface area contributed by atoms with E-state index >= 15 is 0 Å². The predicted molar refractivity (Wildman–Crippen MR) is 70.8 cm³/mol. The second kappa shape index (κ2) is 5.15. The van der Waals surface area contributed by atoms with Crippen molar-refractivity contribution in [1.82, 2.24) is 9.78 Å². The van der Waals surface area contributed by atoms with Crippen molar-refractivity contribution in [2.45, 2.75) is 26.8 Å². The van der Waals surface area contributed by atoms with Crippen LogP contribution in [0.25, 0.3) is 11.3 Å². The number of aromatic nitrogens is 2. The monoisotopic (exact) mass is 229 g/mol. The molecule has 0 atom stereocenters. The third-order valence-corrected chi connectivity index (χ3v) is 2.95. The summed E-state index contributed by atoms with van der Waals surface area (Å²) >= 11 is 0. The van der Waals surface area contributed by atoms with Crippen LogP contribution in [-0.4, -0.2) is 16.3 Å². The van der Waals surface area contributed by atoms with Gasteiger partial charge in [-0.05, 0) is 32.0 Å². The molecule has 0 amide bonds. The van der Waals surface area contributed by atoms with Gasteiger partial charge in [0, 0.05) is 18.5 Å². The van der Waals surface area contributed by atoms with Crippen LogP contribution in [0.4, 0.5) is 0 Å². The van der Waals surface area contributed by atoms with Gasteiger partial charge in [-0.1, -0.05) is 24.3 Å². The summed E-state index contributed by atoms with van der Waals surface area (Å²) in [5, 5.41) is 4.57. The Kier molecular flexibility index (Phi) is 3.59. The Hall–Kier alpha value is -1.61. The van der Waals surface area contributed by atoms with Crippen LogP contribution in [0.15, 0.2) is 30.3 Å². The van der Waals surface area contributed by atoms with Crippen LogP contribution in [0, 0.1) is 6.92 Å². The molecule has 0 aliphatic carbocycles. The van der Waals surface area contributed by atoms with Crippen LogP contribution >= 0.6 is 0 Å². The van der Waals surface area contributed by atoms with E-state index in [2.05, 4.69) is 49.3 Å². The van der Waals surface area contributed by atoms with E-state index in [1.165, 1.54) is 16.8 Å². The number of hydrogen-bond donors (Lipinski definition) is 1. The summed E-state index contributed by atoms with van der Waals surface area (Å²) in [4.78, 5) is 0. The second-order valence-corrected chi connectivity index (χ2v) is 4.19. The molecule has 0 saturated carbocycles. The summed E-state index contributed by atoms with van der Waals surface area (Å²) in [5.41, 5.74) is 10.4. The quantitative estimate of drug-likeness (QED) is 0.874. The van der Waals surface area contributed by atoms with Crippen LogP contribution < -0.4 is 5.73 Å². The molecule has 0 bridgehead atoms. The van der Waals surface area contributed by atoms with E-state index in [1.54, 1.807) is 0 Å². The van der Waals surface area contributed by atoms with Gasteiger partial charge >= 0.3 is 0 Å². The molecule has 0 radical (unpaired) electrons. The minimum absolute atomic E-state index is 0.647. The number of nitrogens with two attached hydrogens (primary N) is 1. The van der Waals surface area contributed by atoms with Crippen LogP contribution in [-0.2, 0) is 13.0 Å². The molecular formula is C14H19N3. The maximum absolute atomic E-state index is 5.58. The van der Waals surface area contributed by atoms with Gasteiger partial charge in [-0.15, -0.1) is 0 Å². The minimum Gasteiger partial charge on any atom is -0.330 e. The van der Waals surface area contributed by atoms with Crippen LogP contribution in [0.2, 0.25) is 0 Å². The topological polar surface area (TPSA) is 43.8 Å². The van der Waals surface area contributed by atoms with E-state index < -0.39 is 0 Å². The lowest BCUT2D eigenvalue weighted by Crippen LogP contribution is -2.04. The molecule has 2 rings (SSSR count). The van der Waals surface area contributed by atoms with Crippen molar-refractivity contribution in [3.63, 3.8) is 0 Å². The third-order valence-electron chi connectivity index (χ3n) is 2.95. The summed E-state index contributed by atoms with van der Waals surface area (Å²) in [6, 6.07) is 10.6. The van der Waals surface area contributed by atoms with Crippen molar-refractivity contribution in [1.29, 1.82) is 0 Å². The van der Waals surface area contributed by atoms with E-state index in [0.29, 0.717) is 6.54 Å². The van der Waals surface area contributed by atoms with E-state index in [4.69, 9.17) is 5.73 Å². The summed E-state index contributed by atoms with van der Waals surface area (Å²) in [6.45, 7) is 5.77. The van der Waals surface area contributed by atoms with Gasteiger partial charge < -0.3 is 5.73 Å². The smallest absolute Gasteiger partial charge is 0.0687 e. The molecule has 1 aromatic heterocycles. The van der Waals surface area contributed by atoms with E-state index in [1.807, 2.05) is 4.68 Å². The number of nitrogens with zero attached hydrogens (tertiary/aromatic N) is 2. The normalized spacial score (nSPS) is 10.8. The Balaban J connectivity index is 2.47. The van der Waals surface area contributed by atoms with Crippen LogP contribution in [0.5, 0.6) is 0 Å². The summed E-state index contributed by atoms with van der Waals surface area (Å²) in [7, 11) is 0. The number of aryl methyl sites for hydroxylation is 2. The molecule has 0 aliphatic heterocycles. The van der Waals surface area contributed by atoms with Gasteiger partial charge in [-0.2, -0.15) is 5.10 Å². The summed E-state index contributed by atoms with van der Waals surface area (Å²) in [6.07, 6.45) is 0.839. The lowest BCUT2D eigenvalue weighted by molar-refractivity contribution is 0.652. The first-order chi connectivity index (χ1) is 8.26. The molecule has 0 fully saturated rings. The van der Waals surface area contributed by atoms with Gasteiger partial charge in [0.05, 0.1) is 11.4 Å². The lowest BCUT2D eigenvalue weighted by atomic mass is 10.1. The molecule has 0 spiro atoms. The molecule has 3 heteroatoms. The van der Waals surface area contributed by atoms with Crippen molar-refractivity contribution in [2.24, 2.45) is 5.73 Å². The molecule has 3 nitrogen and oxygen atoms in total. The lowest BCUT2D eigenvalue weighted by Gasteiger charge is -2.07. The second-order valence-electron chi connectivity index (χ2n) is 4.19. The minimum atomic E-state index is 0.647. The molecule has 2 N–H and O–H groups in total. The summed E-state index contributed by atoms with van der Waals surface area (Å²) < 4.78 is 2.05. The third kappa shape index (κ3) is 2.39. The first-order valence-electron chi connectivity index (χ1n) is 6.09. The fraction of sp³-hybridized carbons (Fsp3) is 0.357. The molecule has 1 aromatic carbocycles. The van der Waals surface area contributed by atoms with Gasteiger partial charge in [0.2, 0.25) is 0 Å². The van der Waals surface area contributed by atoms with Crippen molar-refractivity contribution in [3.05, 3.63) is 41.6 Å². The average molecular weight is 229 g/mol. The summed E-state index contributed by atoms with van der Waals surface area (Å²) in [5.74, 6) is 0. The molecule has 0 aliphatic rings. The zero-order valence-electron chi connectivity index (χ0n) is 10.5. The molecule has 0 unspecified atom stereocenters. The first kappa shape index (κ1) is 11.9. The van der Waals surface area contributed by atoms with Crippen molar-refractivity contribution in [2.75, 3.05) is 6.54 Å². The Morgan fingerprint density at radius 3 is 2.71 bits per heavy atom. The predicted octanol–water partition coefficient (Wildman–Crippen LogP) is 2.38. The van der Waals surface area contributed by atoms with Crippen molar-refractivity contribution >= 4 is 0 Å². The van der Waals surface area contributed by atoms with Gasteiger partial charge in [-0.25, -0.2) is 0 Å². The molecule has 17 heavy (non-hydrogen) atoms. The van der Waals surface area contributed by atoms with Crippen molar-refractivity contribution < 1.29 is 0 Å². The van der Waals surface area contributed by atoms with Gasteiger partial charge in [0.25, 0.3) is 0 Å². The average Bonchev–Trinajstić information content (AvgIpc) is 2.73. The van der Waals surface area contributed by atoms with Gasteiger partial charge in [0.15, 0.2) is 0 Å². The Morgan fingerprint density at radius 1 is 1.29 bits per heavy atom. The number of rotatable bonds is 4. The first-order valence-corrected chi connectivity index (χ1v) is 6.09. The standard InChI is InChI=1S/C14H19N3/c1-3-17-14(10-12(16-17)8-9-15)13-7-5-4-6-11(13)2/h4-7,10H,3,8-9,15H2,1-2H3. The molecule has 90 valence electrons. The van der Waals surface area contributed by atoms with E-state index in [-0.39, 0.29) is 0 Å². The molecular weight excluding hydrogens is 210 g/mol. The Labute approximate surface area is 102 Å². The molecule has 1 heterocycles. The molecule has 2 aromatic rings. The van der Waals surface area contributed by atoms with Gasteiger partial charge in [-0.3, -0.25) is 4.68 Å². The maximum atomic E-state index is 5.58. The number of hydrogen-bond acceptors (Lipinski definition) is 2. The SMILES string of the molecule is CCn1nc(CCN)cc1-c1ccccc1C. The Morgan fingerprint density at radius 2 is 2.06 bits per heavy atom. The van der Waals surface area contributed by atoms with Gasteiger partial charge in [0.1, 0.15) is 0 Å². The fourth-order valence-electron chi connectivity index (χ4n) is 2.06. The molecule has 0 saturated heterocycles. The highest BCUT2D eigenvalue weighted by Crippen LogP contribution is 2.24. The number of benzene rings is 1. The van der Waals surface area contributed by atoms with Crippen molar-refractivity contribution in [3.8, 4) is 11.3 Å². The fourth-order valence-corrected chi connectivity index (χ4v) is 2.06. The van der Waals surface area contributed by atoms with Crippen LogP contribution in [0.3, 0.4) is 0 Å². The largest absolute Gasteiger partial charge is 0.330 e. The highest BCUT2D eigenvalue weighted by Gasteiger charge is 2.09. The maximum Gasteiger partial charge on any atom is 0.0687 e. The highest BCUT2D eigenvalue weighted by atomic mass is 15.3. The van der Waals surface area contributed by atoms with Crippen LogP contribution in [0.1, 0.15) is 18.2 Å². The zero-order chi connectivity index (χ0) is 12.3. The highest BCUT2D eigenvalue weighted by molar-refractivity contribution is 5.64. The van der Waals surface area contributed by atoms with E-state index in [9.17, 15) is 0 Å². The zero-order valence-corrected chi connectivity index (χ0v) is 10.5.